The van der Waals surface area contributed by atoms with Gasteiger partial charge in [0, 0.05) is 24.8 Å². The van der Waals surface area contributed by atoms with Crippen LogP contribution in [0.2, 0.25) is 0 Å². The third kappa shape index (κ3) is 5.38. The quantitative estimate of drug-likeness (QED) is 0.519. The number of unbranched alkanes of at least 4 members (excludes halogenated alkanes) is 1. The van der Waals surface area contributed by atoms with Gasteiger partial charge in [-0.1, -0.05) is 49.7 Å². The maximum Gasteiger partial charge on any atom is 0.331 e. The van der Waals surface area contributed by atoms with Crippen LogP contribution < -0.4 is 16.6 Å². The summed E-state index contributed by atoms with van der Waals surface area (Å²) in [6, 6.07) is 12.7. The van der Waals surface area contributed by atoms with Crippen molar-refractivity contribution in [1.29, 1.82) is 0 Å². The molecule has 0 bridgehead atoms. The Bertz CT molecular complexity index is 1180. The predicted molar refractivity (Wildman–Crippen MR) is 118 cm³/mol. The smallest absolute Gasteiger partial charge is 0.331 e. The summed E-state index contributed by atoms with van der Waals surface area (Å²) in [5.41, 5.74) is -1.13. The first-order valence-electron chi connectivity index (χ1n) is 10.5. The summed E-state index contributed by atoms with van der Waals surface area (Å²) >= 11 is 0. The molecular formula is C24H25F2N3O3. The fourth-order valence-corrected chi connectivity index (χ4v) is 3.33. The number of benzene rings is 2. The lowest BCUT2D eigenvalue weighted by molar-refractivity contribution is 0.0949. The van der Waals surface area contributed by atoms with E-state index in [2.05, 4.69) is 5.32 Å². The van der Waals surface area contributed by atoms with Crippen molar-refractivity contribution in [2.24, 2.45) is 0 Å². The van der Waals surface area contributed by atoms with E-state index >= 15 is 0 Å². The van der Waals surface area contributed by atoms with E-state index in [0.717, 1.165) is 45.9 Å². The molecule has 1 amide bonds. The Hall–Kier alpha value is -3.55. The van der Waals surface area contributed by atoms with Crippen molar-refractivity contribution in [3.63, 3.8) is 0 Å². The molecule has 2 aromatic carbocycles. The second-order valence-electron chi connectivity index (χ2n) is 7.46. The predicted octanol–water partition coefficient (Wildman–Crippen LogP) is 3.11. The number of aryl methyl sites for hydroxylation is 1. The van der Waals surface area contributed by atoms with E-state index in [4.69, 9.17) is 0 Å². The maximum absolute atomic E-state index is 14.2. The van der Waals surface area contributed by atoms with Gasteiger partial charge in [0.15, 0.2) is 0 Å². The number of rotatable bonds is 9. The highest BCUT2D eigenvalue weighted by Gasteiger charge is 2.19. The van der Waals surface area contributed by atoms with Crippen LogP contribution in [0.25, 0.3) is 0 Å². The second kappa shape index (κ2) is 10.7. The van der Waals surface area contributed by atoms with Gasteiger partial charge in [-0.15, -0.1) is 0 Å². The van der Waals surface area contributed by atoms with E-state index in [1.54, 1.807) is 0 Å². The van der Waals surface area contributed by atoms with E-state index in [1.165, 1.54) is 6.07 Å². The van der Waals surface area contributed by atoms with Crippen molar-refractivity contribution in [2.45, 2.75) is 39.3 Å². The number of aromatic nitrogens is 2. The molecule has 32 heavy (non-hydrogen) atoms. The number of hydrogen-bond donors (Lipinski definition) is 1. The Kier molecular flexibility index (Phi) is 7.70. The SMILES string of the molecule is CCCCNC(=O)c1cn(Cc2c(F)cccc2F)c(=O)n(CCc2ccccc2)c1=O. The van der Waals surface area contributed by atoms with E-state index < -0.39 is 35.3 Å². The number of nitrogens with zero attached hydrogens (tertiary/aromatic N) is 2. The number of amides is 1. The molecule has 8 heteroatoms. The van der Waals surface area contributed by atoms with Crippen molar-refractivity contribution in [3.8, 4) is 0 Å². The highest BCUT2D eigenvalue weighted by molar-refractivity contribution is 5.93. The lowest BCUT2D eigenvalue weighted by atomic mass is 10.1. The molecule has 1 heterocycles. The molecule has 0 saturated heterocycles. The van der Waals surface area contributed by atoms with Crippen molar-refractivity contribution in [3.05, 3.63) is 104 Å². The molecule has 1 aromatic heterocycles. The lowest BCUT2D eigenvalue weighted by Gasteiger charge is -2.14. The molecule has 6 nitrogen and oxygen atoms in total. The summed E-state index contributed by atoms with van der Waals surface area (Å²) in [7, 11) is 0. The van der Waals surface area contributed by atoms with E-state index in [1.807, 2.05) is 37.3 Å². The molecule has 0 aliphatic rings. The average Bonchev–Trinajstić information content (AvgIpc) is 2.78. The number of carbonyl (C=O) groups excluding carboxylic acids is 1. The second-order valence-corrected chi connectivity index (χ2v) is 7.46. The number of hydrogen-bond acceptors (Lipinski definition) is 3. The van der Waals surface area contributed by atoms with Crippen LogP contribution in [0.1, 0.15) is 41.3 Å². The molecule has 0 spiro atoms. The zero-order valence-corrected chi connectivity index (χ0v) is 17.8. The number of nitrogens with one attached hydrogen (secondary N) is 1. The molecule has 0 fully saturated rings. The van der Waals surface area contributed by atoms with Crippen LogP contribution in [-0.2, 0) is 19.5 Å². The Morgan fingerprint density at radius 1 is 1.00 bits per heavy atom. The first kappa shape index (κ1) is 23.1. The zero-order chi connectivity index (χ0) is 23.1. The molecule has 3 aromatic rings. The molecule has 0 unspecified atom stereocenters. The van der Waals surface area contributed by atoms with E-state index in [9.17, 15) is 23.2 Å². The molecule has 168 valence electrons. The molecule has 0 atom stereocenters. The van der Waals surface area contributed by atoms with Crippen LogP contribution in [0.3, 0.4) is 0 Å². The Labute approximate surface area is 184 Å². The molecular weight excluding hydrogens is 416 g/mol. The minimum atomic E-state index is -0.812. The summed E-state index contributed by atoms with van der Waals surface area (Å²) in [5.74, 6) is -2.25. The zero-order valence-electron chi connectivity index (χ0n) is 17.8. The number of halogens is 2. The Morgan fingerprint density at radius 3 is 2.34 bits per heavy atom. The minimum Gasteiger partial charge on any atom is -0.352 e. The van der Waals surface area contributed by atoms with Gasteiger partial charge in [-0.25, -0.2) is 13.6 Å². The normalized spacial score (nSPS) is 10.8. The van der Waals surface area contributed by atoms with Crippen LogP contribution in [-0.4, -0.2) is 21.6 Å². The van der Waals surface area contributed by atoms with E-state index in [-0.39, 0.29) is 17.7 Å². The third-order valence-electron chi connectivity index (χ3n) is 5.15. The molecule has 0 radical (unpaired) electrons. The van der Waals surface area contributed by atoms with Crippen LogP contribution >= 0.6 is 0 Å². The number of carbonyl (C=O) groups is 1. The van der Waals surface area contributed by atoms with Gasteiger partial charge in [-0.05, 0) is 30.5 Å². The van der Waals surface area contributed by atoms with Gasteiger partial charge in [-0.3, -0.25) is 18.7 Å². The molecule has 3 rings (SSSR count). The average molecular weight is 441 g/mol. The van der Waals surface area contributed by atoms with E-state index in [0.29, 0.717) is 13.0 Å². The highest BCUT2D eigenvalue weighted by atomic mass is 19.1. The van der Waals surface area contributed by atoms with Gasteiger partial charge in [0.05, 0.1) is 6.54 Å². The topological polar surface area (TPSA) is 73.1 Å². The summed E-state index contributed by atoms with van der Waals surface area (Å²) in [5, 5.41) is 2.66. The van der Waals surface area contributed by atoms with Crippen LogP contribution in [0.15, 0.2) is 64.3 Å². The van der Waals surface area contributed by atoms with Crippen LogP contribution in [0.4, 0.5) is 8.78 Å². The summed E-state index contributed by atoms with van der Waals surface area (Å²) in [6.07, 6.45) is 3.05. The lowest BCUT2D eigenvalue weighted by Crippen LogP contribution is -2.44. The van der Waals surface area contributed by atoms with Crippen molar-refractivity contribution in [1.82, 2.24) is 14.5 Å². The maximum atomic E-state index is 14.2. The molecule has 1 N–H and O–H groups in total. The van der Waals surface area contributed by atoms with Crippen molar-refractivity contribution >= 4 is 5.91 Å². The first-order chi connectivity index (χ1) is 15.4. The first-order valence-corrected chi connectivity index (χ1v) is 10.5. The Balaban J connectivity index is 2.03. The third-order valence-corrected chi connectivity index (χ3v) is 5.15. The van der Waals surface area contributed by atoms with Gasteiger partial charge in [0.2, 0.25) is 0 Å². The van der Waals surface area contributed by atoms with Crippen molar-refractivity contribution in [2.75, 3.05) is 6.54 Å². The summed E-state index contributed by atoms with van der Waals surface area (Å²) < 4.78 is 30.3. The van der Waals surface area contributed by atoms with Gasteiger partial charge in [0.25, 0.3) is 11.5 Å². The van der Waals surface area contributed by atoms with Gasteiger partial charge in [-0.2, -0.15) is 0 Å². The highest BCUT2D eigenvalue weighted by Crippen LogP contribution is 2.13. The van der Waals surface area contributed by atoms with Gasteiger partial charge < -0.3 is 5.32 Å². The van der Waals surface area contributed by atoms with Crippen LogP contribution in [0.5, 0.6) is 0 Å². The summed E-state index contributed by atoms with van der Waals surface area (Å²) in [4.78, 5) is 38.6. The largest absolute Gasteiger partial charge is 0.352 e. The fourth-order valence-electron chi connectivity index (χ4n) is 3.33. The van der Waals surface area contributed by atoms with Crippen LogP contribution in [0, 0.1) is 11.6 Å². The standard InChI is InChI=1S/C24H25F2N3O3/c1-2-3-13-27-22(30)19-16-28(15-18-20(25)10-7-11-21(18)26)24(32)29(23(19)31)14-12-17-8-5-4-6-9-17/h4-11,16H,2-3,12-15H2,1H3,(H,27,30). The summed E-state index contributed by atoms with van der Waals surface area (Å²) in [6.45, 7) is 1.92. The Morgan fingerprint density at radius 2 is 1.69 bits per heavy atom. The van der Waals surface area contributed by atoms with Crippen molar-refractivity contribution < 1.29 is 13.6 Å². The molecule has 0 aliphatic heterocycles. The van der Waals surface area contributed by atoms with Gasteiger partial charge >= 0.3 is 5.69 Å². The molecule has 0 saturated carbocycles. The van der Waals surface area contributed by atoms with Gasteiger partial charge in [0.1, 0.15) is 17.2 Å². The minimum absolute atomic E-state index is 0.0253. The molecule has 0 aliphatic carbocycles. The fraction of sp³-hybridized carbons (Fsp3) is 0.292. The monoisotopic (exact) mass is 441 g/mol.